The molecule has 162 valence electrons. The number of carbonyl (C=O) groups is 1. The van der Waals surface area contributed by atoms with Gasteiger partial charge in [0, 0.05) is 31.1 Å². The lowest BCUT2D eigenvalue weighted by Gasteiger charge is -2.39. The zero-order chi connectivity index (χ0) is 22.0. The highest BCUT2D eigenvalue weighted by Crippen LogP contribution is 2.36. The first-order valence-corrected chi connectivity index (χ1v) is 9.94. The molecule has 0 bridgehead atoms. The third-order valence-electron chi connectivity index (χ3n) is 5.81. The minimum Gasteiger partial charge on any atom is -0.491 e. The molecule has 0 unspecified atom stereocenters. The van der Waals surface area contributed by atoms with Crippen LogP contribution in [0.2, 0.25) is 0 Å². The average Bonchev–Trinajstić information content (AvgIpc) is 2.76. The number of amides is 1. The Morgan fingerprint density at radius 2 is 1.84 bits per heavy atom. The molecule has 0 aliphatic carbocycles. The number of isocyanates is 1. The minimum atomic E-state index is -0.888. The van der Waals surface area contributed by atoms with Crippen molar-refractivity contribution in [3.05, 3.63) is 53.3 Å². The van der Waals surface area contributed by atoms with Crippen LogP contribution in [-0.4, -0.2) is 37.2 Å². The van der Waals surface area contributed by atoms with E-state index in [-0.39, 0.29) is 30.3 Å². The summed E-state index contributed by atoms with van der Waals surface area (Å²) in [6, 6.07) is 5.98. The van der Waals surface area contributed by atoms with Gasteiger partial charge in [-0.25, -0.2) is 18.0 Å². The lowest BCUT2D eigenvalue weighted by atomic mass is 9.88. The Bertz CT molecular complexity index is 1060. The fourth-order valence-electron chi connectivity index (χ4n) is 4.05. The molecule has 0 spiro atoms. The number of carbonyl (C=O) groups excluding carboxylic acids is 2. The van der Waals surface area contributed by atoms with Crippen LogP contribution in [0.1, 0.15) is 24.8 Å². The summed E-state index contributed by atoms with van der Waals surface area (Å²) in [5, 5.41) is 2.52. The van der Waals surface area contributed by atoms with Crippen molar-refractivity contribution in [3.63, 3.8) is 0 Å². The topological polar surface area (TPSA) is 71.0 Å². The molecule has 2 aromatic rings. The first-order chi connectivity index (χ1) is 14.9. The number of anilines is 2. The van der Waals surface area contributed by atoms with E-state index in [1.165, 1.54) is 12.1 Å². The van der Waals surface area contributed by atoms with Gasteiger partial charge in [0.15, 0.2) is 0 Å². The predicted octanol–water partition coefficient (Wildman–Crippen LogP) is 3.74. The molecule has 1 fully saturated rings. The Morgan fingerprint density at radius 1 is 1.10 bits per heavy atom. The normalized spacial score (nSPS) is 17.4. The summed E-state index contributed by atoms with van der Waals surface area (Å²) in [6.07, 6.45) is 2.87. The molecule has 2 heterocycles. The van der Waals surface area contributed by atoms with Crippen LogP contribution in [0, 0.1) is 17.5 Å². The van der Waals surface area contributed by atoms with Crippen molar-refractivity contribution in [2.24, 2.45) is 4.99 Å². The van der Waals surface area contributed by atoms with Crippen molar-refractivity contribution in [2.45, 2.75) is 31.2 Å². The monoisotopic (exact) mass is 431 g/mol. The second-order valence-electron chi connectivity index (χ2n) is 7.75. The lowest BCUT2D eigenvalue weighted by Crippen LogP contribution is -2.47. The predicted molar refractivity (Wildman–Crippen MR) is 108 cm³/mol. The lowest BCUT2D eigenvalue weighted by molar-refractivity contribution is -0.116. The van der Waals surface area contributed by atoms with Gasteiger partial charge in [0.25, 0.3) is 0 Å². The van der Waals surface area contributed by atoms with Crippen molar-refractivity contribution >= 4 is 23.4 Å². The van der Waals surface area contributed by atoms with E-state index in [1.807, 2.05) is 0 Å². The summed E-state index contributed by atoms with van der Waals surface area (Å²) in [5.74, 6) is -1.45. The number of rotatable bonds is 5. The van der Waals surface area contributed by atoms with Crippen LogP contribution in [-0.2, 0) is 16.0 Å². The highest BCUT2D eigenvalue weighted by molar-refractivity contribution is 5.94. The fourth-order valence-corrected chi connectivity index (χ4v) is 4.05. The molecule has 0 saturated carbocycles. The molecular formula is C22H20F3N3O3. The molecule has 6 nitrogen and oxygen atoms in total. The zero-order valence-electron chi connectivity index (χ0n) is 16.6. The number of fused-ring (bicyclic) bond motifs is 1. The molecule has 2 aliphatic heterocycles. The van der Waals surface area contributed by atoms with Gasteiger partial charge in [0.1, 0.15) is 35.3 Å². The van der Waals surface area contributed by atoms with Crippen molar-refractivity contribution in [1.82, 2.24) is 0 Å². The van der Waals surface area contributed by atoms with Gasteiger partial charge >= 0.3 is 0 Å². The van der Waals surface area contributed by atoms with Crippen LogP contribution in [0.4, 0.5) is 24.5 Å². The number of hydrogen-bond acceptors (Lipinski definition) is 5. The summed E-state index contributed by atoms with van der Waals surface area (Å²) < 4.78 is 47.7. The molecule has 2 aliphatic rings. The van der Waals surface area contributed by atoms with Crippen LogP contribution in [0.25, 0.3) is 0 Å². The first-order valence-electron chi connectivity index (χ1n) is 9.94. The maximum Gasteiger partial charge on any atom is 0.235 e. The zero-order valence-corrected chi connectivity index (χ0v) is 16.6. The van der Waals surface area contributed by atoms with Crippen LogP contribution in [0.3, 0.4) is 0 Å². The van der Waals surface area contributed by atoms with Crippen LogP contribution in [0.15, 0.2) is 35.3 Å². The van der Waals surface area contributed by atoms with E-state index in [2.05, 4.69) is 10.3 Å². The number of aliphatic imine (C=N–C) groups is 1. The maximum absolute atomic E-state index is 14.1. The summed E-state index contributed by atoms with van der Waals surface area (Å²) in [5.41, 5.74) is -0.0588. The first kappa shape index (κ1) is 20.9. The van der Waals surface area contributed by atoms with E-state index in [1.54, 1.807) is 11.0 Å². The molecule has 31 heavy (non-hydrogen) atoms. The second-order valence-corrected chi connectivity index (χ2v) is 7.75. The van der Waals surface area contributed by atoms with Gasteiger partial charge in [0.05, 0.1) is 11.4 Å². The highest BCUT2D eigenvalue weighted by Gasteiger charge is 2.37. The highest BCUT2D eigenvalue weighted by atomic mass is 19.1. The van der Waals surface area contributed by atoms with Gasteiger partial charge < -0.3 is 15.0 Å². The summed E-state index contributed by atoms with van der Waals surface area (Å²) in [4.78, 5) is 28.3. The SMILES string of the molecule is O=C=NC1(COc2ccc(F)c3c2CCC(=O)N3)CCN(c2cc(F)ccc2F)CC1. The molecule has 9 heteroatoms. The van der Waals surface area contributed by atoms with E-state index in [0.717, 1.165) is 18.2 Å². The van der Waals surface area contributed by atoms with Gasteiger partial charge in [-0.05, 0) is 43.5 Å². The summed E-state index contributed by atoms with van der Waals surface area (Å²) in [6.45, 7) is 0.715. The molecule has 1 amide bonds. The Morgan fingerprint density at radius 3 is 2.58 bits per heavy atom. The van der Waals surface area contributed by atoms with Crippen LogP contribution < -0.4 is 15.0 Å². The Kier molecular flexibility index (Phi) is 5.69. The molecule has 1 N–H and O–H groups in total. The van der Waals surface area contributed by atoms with E-state index < -0.39 is 23.0 Å². The number of nitrogens with one attached hydrogen (secondary N) is 1. The number of nitrogens with zero attached hydrogens (tertiary/aromatic N) is 2. The molecule has 0 atom stereocenters. The molecule has 1 saturated heterocycles. The molecule has 0 aromatic heterocycles. The van der Waals surface area contributed by atoms with Gasteiger partial charge in [-0.2, -0.15) is 4.99 Å². The van der Waals surface area contributed by atoms with Crippen molar-refractivity contribution in [1.29, 1.82) is 0 Å². The third-order valence-corrected chi connectivity index (χ3v) is 5.81. The molecule has 0 radical (unpaired) electrons. The second kappa shape index (κ2) is 8.43. The van der Waals surface area contributed by atoms with Crippen molar-refractivity contribution in [2.75, 3.05) is 29.9 Å². The number of benzene rings is 2. The van der Waals surface area contributed by atoms with E-state index in [4.69, 9.17) is 4.74 Å². The Balaban J connectivity index is 1.50. The number of ether oxygens (including phenoxy) is 1. The third kappa shape index (κ3) is 4.27. The van der Waals surface area contributed by atoms with Gasteiger partial charge in [0.2, 0.25) is 12.0 Å². The molecule has 2 aromatic carbocycles. The van der Waals surface area contributed by atoms with Crippen molar-refractivity contribution < 1.29 is 27.5 Å². The quantitative estimate of drug-likeness (QED) is 0.578. The largest absolute Gasteiger partial charge is 0.491 e. The number of halogens is 3. The fraction of sp³-hybridized carbons (Fsp3) is 0.364. The smallest absolute Gasteiger partial charge is 0.235 e. The minimum absolute atomic E-state index is 0.0354. The van der Waals surface area contributed by atoms with Crippen LogP contribution in [0.5, 0.6) is 5.75 Å². The molecular weight excluding hydrogens is 411 g/mol. The van der Waals surface area contributed by atoms with Gasteiger partial charge in [-0.1, -0.05) is 0 Å². The van der Waals surface area contributed by atoms with Crippen molar-refractivity contribution in [3.8, 4) is 5.75 Å². The van der Waals surface area contributed by atoms with Crippen LogP contribution >= 0.6 is 0 Å². The van der Waals surface area contributed by atoms with Gasteiger partial charge in [-0.15, -0.1) is 0 Å². The standard InChI is InChI=1S/C22H20F3N3O3/c23-14-1-3-16(24)18(11-14)28-9-7-22(8-10-28,26-13-29)12-31-19-5-4-17(25)21-15(19)2-6-20(30)27-21/h1,3-5,11H,2,6-10,12H2,(H,27,30). The Hall–Kier alpha value is -3.32. The molecule has 4 rings (SSSR count). The van der Waals surface area contributed by atoms with E-state index >= 15 is 0 Å². The number of piperidine rings is 1. The van der Waals surface area contributed by atoms with Gasteiger partial charge in [-0.3, -0.25) is 4.79 Å². The average molecular weight is 431 g/mol. The number of hydrogen-bond donors (Lipinski definition) is 1. The summed E-state index contributed by atoms with van der Waals surface area (Å²) >= 11 is 0. The van der Waals surface area contributed by atoms with E-state index in [0.29, 0.717) is 43.7 Å². The Labute approximate surface area is 176 Å². The van der Waals surface area contributed by atoms with E-state index in [9.17, 15) is 22.8 Å². The summed E-state index contributed by atoms with van der Waals surface area (Å²) in [7, 11) is 0. The maximum atomic E-state index is 14.1.